The Balaban J connectivity index is 1.76. The Labute approximate surface area is 156 Å². The third-order valence-corrected chi connectivity index (χ3v) is 5.03. The highest BCUT2D eigenvalue weighted by Crippen LogP contribution is 2.29. The molecule has 0 bridgehead atoms. The van der Waals surface area contributed by atoms with Gasteiger partial charge in [0.15, 0.2) is 0 Å². The number of furan rings is 1. The Morgan fingerprint density at radius 3 is 2.92 bits per heavy atom. The highest BCUT2D eigenvalue weighted by molar-refractivity contribution is 5.96. The van der Waals surface area contributed by atoms with Gasteiger partial charge in [-0.25, -0.2) is 0 Å². The smallest absolute Gasteiger partial charge is 0.257 e. The van der Waals surface area contributed by atoms with E-state index in [1.807, 2.05) is 26.1 Å². The van der Waals surface area contributed by atoms with E-state index in [1.54, 1.807) is 17.3 Å². The monoisotopic (exact) mass is 355 g/mol. The lowest BCUT2D eigenvalue weighted by Gasteiger charge is -2.27. The van der Waals surface area contributed by atoms with Crippen LogP contribution in [-0.2, 0) is 19.5 Å². The van der Waals surface area contributed by atoms with E-state index >= 15 is 0 Å². The average Bonchev–Trinajstić information content (AvgIpc) is 2.95. The SMILES string of the molecule is Cc1oc2c(c1C(=O)N(C)Cc1cccnc1)CN(CCC(C)C)CC2. The molecule has 1 aliphatic heterocycles. The summed E-state index contributed by atoms with van der Waals surface area (Å²) >= 11 is 0. The van der Waals surface area contributed by atoms with Gasteiger partial charge in [0.05, 0.1) is 5.56 Å². The van der Waals surface area contributed by atoms with Crippen molar-refractivity contribution in [3.05, 3.63) is 52.7 Å². The standard InChI is InChI=1S/C21H29N3O2/c1-15(2)7-10-24-11-8-19-18(14-24)20(16(3)26-19)21(25)23(4)13-17-6-5-9-22-12-17/h5-6,9,12,15H,7-8,10-11,13-14H2,1-4H3. The molecule has 0 saturated heterocycles. The molecule has 0 N–H and O–H groups in total. The Hall–Kier alpha value is -2.14. The molecule has 5 heteroatoms. The minimum absolute atomic E-state index is 0.0297. The third kappa shape index (κ3) is 4.15. The summed E-state index contributed by atoms with van der Waals surface area (Å²) in [5.74, 6) is 2.45. The summed E-state index contributed by atoms with van der Waals surface area (Å²) in [5, 5.41) is 0. The first-order valence-electron chi connectivity index (χ1n) is 9.43. The molecule has 0 saturated carbocycles. The molecule has 0 atom stereocenters. The van der Waals surface area contributed by atoms with Crippen LogP contribution in [0.25, 0.3) is 0 Å². The molecule has 2 aromatic heterocycles. The highest BCUT2D eigenvalue weighted by atomic mass is 16.3. The Kier molecular flexibility index (Phi) is 5.77. The number of carbonyl (C=O) groups excluding carboxylic acids is 1. The summed E-state index contributed by atoms with van der Waals surface area (Å²) in [6, 6.07) is 3.88. The van der Waals surface area contributed by atoms with Crippen LogP contribution in [0.1, 0.15) is 53.3 Å². The molecule has 0 unspecified atom stereocenters. The van der Waals surface area contributed by atoms with Crippen molar-refractivity contribution in [2.75, 3.05) is 20.1 Å². The third-order valence-electron chi connectivity index (χ3n) is 5.03. The van der Waals surface area contributed by atoms with Gasteiger partial charge in [0.1, 0.15) is 11.5 Å². The van der Waals surface area contributed by atoms with Crippen LogP contribution < -0.4 is 0 Å². The largest absolute Gasteiger partial charge is 0.465 e. The Morgan fingerprint density at radius 1 is 1.42 bits per heavy atom. The second kappa shape index (κ2) is 8.04. The molecule has 3 rings (SSSR count). The van der Waals surface area contributed by atoms with Crippen molar-refractivity contribution in [3.8, 4) is 0 Å². The van der Waals surface area contributed by atoms with Crippen LogP contribution >= 0.6 is 0 Å². The van der Waals surface area contributed by atoms with Gasteiger partial charge in [-0.15, -0.1) is 0 Å². The van der Waals surface area contributed by atoms with Crippen LogP contribution in [0.3, 0.4) is 0 Å². The molecule has 5 nitrogen and oxygen atoms in total. The molecule has 0 aromatic carbocycles. The molecule has 2 aromatic rings. The van der Waals surface area contributed by atoms with Crippen molar-refractivity contribution >= 4 is 5.91 Å². The second-order valence-corrected chi connectivity index (χ2v) is 7.67. The van der Waals surface area contributed by atoms with Crippen molar-refractivity contribution in [1.82, 2.24) is 14.8 Å². The number of amides is 1. The molecule has 0 radical (unpaired) electrons. The van der Waals surface area contributed by atoms with Gasteiger partial charge in [0, 0.05) is 51.1 Å². The molecule has 0 fully saturated rings. The number of pyridine rings is 1. The molecule has 3 heterocycles. The van der Waals surface area contributed by atoms with Gasteiger partial charge >= 0.3 is 0 Å². The van der Waals surface area contributed by atoms with Crippen molar-refractivity contribution in [2.24, 2.45) is 5.92 Å². The van der Waals surface area contributed by atoms with Crippen LogP contribution in [0.5, 0.6) is 0 Å². The van der Waals surface area contributed by atoms with Gasteiger partial charge in [-0.3, -0.25) is 14.7 Å². The fraction of sp³-hybridized carbons (Fsp3) is 0.524. The summed E-state index contributed by atoms with van der Waals surface area (Å²) in [6.07, 6.45) is 5.60. The molecular formula is C21H29N3O2. The average molecular weight is 355 g/mol. The number of hydrogen-bond donors (Lipinski definition) is 0. The maximum Gasteiger partial charge on any atom is 0.257 e. The second-order valence-electron chi connectivity index (χ2n) is 7.67. The van der Waals surface area contributed by atoms with Crippen LogP contribution in [0.4, 0.5) is 0 Å². The number of fused-ring (bicyclic) bond motifs is 1. The number of hydrogen-bond acceptors (Lipinski definition) is 4. The lowest BCUT2D eigenvalue weighted by Crippen LogP contribution is -2.33. The van der Waals surface area contributed by atoms with E-state index in [0.717, 1.165) is 54.3 Å². The van der Waals surface area contributed by atoms with E-state index in [1.165, 1.54) is 6.42 Å². The summed E-state index contributed by atoms with van der Waals surface area (Å²) in [6.45, 7) is 9.83. The summed E-state index contributed by atoms with van der Waals surface area (Å²) in [4.78, 5) is 21.4. The Bertz CT molecular complexity index is 752. The number of rotatable bonds is 6. The summed E-state index contributed by atoms with van der Waals surface area (Å²) in [7, 11) is 1.84. The zero-order valence-corrected chi connectivity index (χ0v) is 16.3. The van der Waals surface area contributed by atoms with Crippen LogP contribution in [0.15, 0.2) is 28.9 Å². The van der Waals surface area contributed by atoms with E-state index in [4.69, 9.17) is 4.42 Å². The quantitative estimate of drug-likeness (QED) is 0.793. The Morgan fingerprint density at radius 2 is 2.23 bits per heavy atom. The number of aromatic nitrogens is 1. The zero-order valence-electron chi connectivity index (χ0n) is 16.3. The minimum atomic E-state index is 0.0297. The van der Waals surface area contributed by atoms with E-state index in [-0.39, 0.29) is 5.91 Å². The van der Waals surface area contributed by atoms with Gasteiger partial charge in [0.2, 0.25) is 0 Å². The van der Waals surface area contributed by atoms with Gasteiger partial charge in [-0.2, -0.15) is 0 Å². The van der Waals surface area contributed by atoms with E-state index < -0.39 is 0 Å². The maximum absolute atomic E-state index is 13.1. The first-order valence-corrected chi connectivity index (χ1v) is 9.43. The lowest BCUT2D eigenvalue weighted by atomic mass is 10.0. The fourth-order valence-corrected chi connectivity index (χ4v) is 3.52. The van der Waals surface area contributed by atoms with Crippen molar-refractivity contribution < 1.29 is 9.21 Å². The predicted octanol–water partition coefficient (Wildman–Crippen LogP) is 3.66. The zero-order chi connectivity index (χ0) is 18.7. The number of aryl methyl sites for hydroxylation is 1. The minimum Gasteiger partial charge on any atom is -0.465 e. The summed E-state index contributed by atoms with van der Waals surface area (Å²) in [5.41, 5.74) is 2.86. The van der Waals surface area contributed by atoms with Gasteiger partial charge in [-0.05, 0) is 37.4 Å². The molecule has 0 spiro atoms. The first-order chi connectivity index (χ1) is 12.5. The van der Waals surface area contributed by atoms with Crippen LogP contribution in [0.2, 0.25) is 0 Å². The highest BCUT2D eigenvalue weighted by Gasteiger charge is 2.29. The van der Waals surface area contributed by atoms with Crippen molar-refractivity contribution in [2.45, 2.75) is 46.7 Å². The predicted molar refractivity (Wildman–Crippen MR) is 102 cm³/mol. The molecule has 140 valence electrons. The molecular weight excluding hydrogens is 326 g/mol. The maximum atomic E-state index is 13.1. The van der Waals surface area contributed by atoms with Crippen molar-refractivity contribution in [3.63, 3.8) is 0 Å². The van der Waals surface area contributed by atoms with Gasteiger partial charge in [0.25, 0.3) is 5.91 Å². The van der Waals surface area contributed by atoms with Gasteiger partial charge in [-0.1, -0.05) is 19.9 Å². The van der Waals surface area contributed by atoms with Crippen LogP contribution in [-0.4, -0.2) is 40.8 Å². The van der Waals surface area contributed by atoms with Crippen molar-refractivity contribution in [1.29, 1.82) is 0 Å². The van der Waals surface area contributed by atoms with E-state index in [0.29, 0.717) is 12.5 Å². The molecule has 26 heavy (non-hydrogen) atoms. The number of nitrogens with zero attached hydrogens (tertiary/aromatic N) is 3. The van der Waals surface area contributed by atoms with Gasteiger partial charge < -0.3 is 9.32 Å². The topological polar surface area (TPSA) is 49.6 Å². The first kappa shape index (κ1) is 18.6. The lowest BCUT2D eigenvalue weighted by molar-refractivity contribution is 0.0781. The number of carbonyl (C=O) groups is 1. The molecule has 1 aliphatic rings. The van der Waals surface area contributed by atoms with Crippen LogP contribution in [0, 0.1) is 12.8 Å². The van der Waals surface area contributed by atoms with E-state index in [2.05, 4.69) is 23.7 Å². The normalized spacial score (nSPS) is 14.5. The fourth-order valence-electron chi connectivity index (χ4n) is 3.52. The molecule has 0 aliphatic carbocycles. The molecule has 1 amide bonds. The van der Waals surface area contributed by atoms with E-state index in [9.17, 15) is 4.79 Å². The summed E-state index contributed by atoms with van der Waals surface area (Å²) < 4.78 is 5.95.